The van der Waals surface area contributed by atoms with E-state index < -0.39 is 0 Å². The Labute approximate surface area is 129 Å². The van der Waals surface area contributed by atoms with Crippen molar-refractivity contribution in [3.63, 3.8) is 0 Å². The van der Waals surface area contributed by atoms with E-state index in [9.17, 15) is 0 Å². The van der Waals surface area contributed by atoms with Gasteiger partial charge in [-0.25, -0.2) is 0 Å². The first kappa shape index (κ1) is 13.6. The summed E-state index contributed by atoms with van der Waals surface area (Å²) in [5.41, 5.74) is 4.85. The summed E-state index contributed by atoms with van der Waals surface area (Å²) >= 11 is 0. The van der Waals surface area contributed by atoms with Gasteiger partial charge in [0, 0.05) is 30.9 Å². The highest BCUT2D eigenvalue weighted by Crippen LogP contribution is 2.34. The molecule has 0 saturated carbocycles. The van der Waals surface area contributed by atoms with Gasteiger partial charge in [0.1, 0.15) is 0 Å². The van der Waals surface area contributed by atoms with Crippen LogP contribution in [0.4, 0.5) is 5.69 Å². The molecule has 21 heavy (non-hydrogen) atoms. The molecule has 1 aliphatic carbocycles. The van der Waals surface area contributed by atoms with Crippen LogP contribution in [0.1, 0.15) is 50.2 Å². The second-order valence-electron chi connectivity index (χ2n) is 7.27. The van der Waals surface area contributed by atoms with Crippen molar-refractivity contribution in [1.82, 2.24) is 4.90 Å². The third-order valence-corrected chi connectivity index (χ3v) is 5.87. The summed E-state index contributed by atoms with van der Waals surface area (Å²) in [7, 11) is 0. The van der Waals surface area contributed by atoms with Gasteiger partial charge in [-0.3, -0.25) is 4.90 Å². The average molecular weight is 284 g/mol. The van der Waals surface area contributed by atoms with Crippen LogP contribution in [0, 0.1) is 0 Å². The first-order chi connectivity index (χ1) is 10.3. The first-order valence-electron chi connectivity index (χ1n) is 8.94. The summed E-state index contributed by atoms with van der Waals surface area (Å²) in [4.78, 5) is 5.48. The lowest BCUT2D eigenvalue weighted by Crippen LogP contribution is -2.59. The van der Waals surface area contributed by atoms with E-state index in [1.165, 1.54) is 64.6 Å². The fourth-order valence-electron chi connectivity index (χ4n) is 4.72. The number of nitrogens with zero attached hydrogens (tertiary/aromatic N) is 2. The number of hydrogen-bond acceptors (Lipinski definition) is 2. The van der Waals surface area contributed by atoms with Crippen LogP contribution in [-0.2, 0) is 12.8 Å². The molecule has 0 amide bonds. The molecule has 0 spiro atoms. The Balaban J connectivity index is 1.63. The van der Waals surface area contributed by atoms with Crippen molar-refractivity contribution in [3.8, 4) is 0 Å². The second kappa shape index (κ2) is 5.64. The minimum Gasteiger partial charge on any atom is -0.366 e. The van der Waals surface area contributed by atoms with Crippen LogP contribution < -0.4 is 4.90 Å². The Bertz CT molecular complexity index is 510. The molecule has 2 fully saturated rings. The number of aryl methyl sites for hydroxylation is 1. The minimum atomic E-state index is 0.660. The van der Waals surface area contributed by atoms with E-state index >= 15 is 0 Å². The topological polar surface area (TPSA) is 6.48 Å². The van der Waals surface area contributed by atoms with E-state index in [0.717, 1.165) is 6.04 Å². The van der Waals surface area contributed by atoms with E-state index in [2.05, 4.69) is 34.9 Å². The molecule has 2 aliphatic heterocycles. The van der Waals surface area contributed by atoms with Gasteiger partial charge < -0.3 is 4.90 Å². The predicted octanol–water partition coefficient (Wildman–Crippen LogP) is 3.63. The third-order valence-electron chi connectivity index (χ3n) is 5.87. The van der Waals surface area contributed by atoms with Crippen molar-refractivity contribution in [2.45, 2.75) is 64.0 Å². The molecule has 3 aliphatic rings. The van der Waals surface area contributed by atoms with E-state index in [-0.39, 0.29) is 0 Å². The van der Waals surface area contributed by atoms with Crippen molar-refractivity contribution in [2.24, 2.45) is 0 Å². The van der Waals surface area contributed by atoms with Crippen LogP contribution in [-0.4, -0.2) is 36.6 Å². The van der Waals surface area contributed by atoms with Crippen molar-refractivity contribution in [3.05, 3.63) is 29.3 Å². The number of piperidine rings is 1. The normalized spacial score (nSPS) is 29.9. The zero-order chi connectivity index (χ0) is 14.2. The highest BCUT2D eigenvalue weighted by molar-refractivity contribution is 5.59. The summed E-state index contributed by atoms with van der Waals surface area (Å²) < 4.78 is 0. The van der Waals surface area contributed by atoms with Gasteiger partial charge >= 0.3 is 0 Å². The Morgan fingerprint density at radius 1 is 1.00 bits per heavy atom. The monoisotopic (exact) mass is 284 g/mol. The molecule has 114 valence electrons. The maximum absolute atomic E-state index is 2.75. The number of hydrogen-bond donors (Lipinski definition) is 0. The van der Waals surface area contributed by atoms with Gasteiger partial charge in [-0.2, -0.15) is 0 Å². The summed E-state index contributed by atoms with van der Waals surface area (Å²) in [6.07, 6.45) is 9.58. The fraction of sp³-hybridized carbons (Fsp3) is 0.684. The molecule has 2 atom stereocenters. The van der Waals surface area contributed by atoms with Crippen molar-refractivity contribution in [1.29, 1.82) is 0 Å². The lowest BCUT2D eigenvalue weighted by atomic mass is 9.89. The zero-order valence-corrected chi connectivity index (χ0v) is 13.4. The van der Waals surface area contributed by atoms with Crippen LogP contribution >= 0.6 is 0 Å². The molecule has 1 aromatic carbocycles. The standard InChI is InChI=1S/C19H28N2/c1-15-13-20-12-5-4-9-17(20)14-21(15)19-11-6-8-16-7-2-3-10-18(16)19/h6,8,11,15,17H,2-5,7,9-10,12-14H2,1H3. The lowest BCUT2D eigenvalue weighted by Gasteiger charge is -2.49. The minimum absolute atomic E-state index is 0.660. The zero-order valence-electron chi connectivity index (χ0n) is 13.4. The van der Waals surface area contributed by atoms with Gasteiger partial charge in [0.2, 0.25) is 0 Å². The van der Waals surface area contributed by atoms with Crippen molar-refractivity contribution < 1.29 is 0 Å². The van der Waals surface area contributed by atoms with Gasteiger partial charge in [-0.05, 0) is 69.2 Å². The first-order valence-corrected chi connectivity index (χ1v) is 8.94. The lowest BCUT2D eigenvalue weighted by molar-refractivity contribution is 0.115. The Kier molecular flexibility index (Phi) is 3.66. The van der Waals surface area contributed by atoms with Crippen LogP contribution in [0.15, 0.2) is 18.2 Å². The molecule has 2 unspecified atom stereocenters. The molecular weight excluding hydrogens is 256 g/mol. The number of piperazine rings is 1. The van der Waals surface area contributed by atoms with Gasteiger partial charge in [-0.1, -0.05) is 18.6 Å². The van der Waals surface area contributed by atoms with Crippen LogP contribution in [0.2, 0.25) is 0 Å². The fourth-order valence-corrected chi connectivity index (χ4v) is 4.72. The average Bonchev–Trinajstić information content (AvgIpc) is 2.54. The summed E-state index contributed by atoms with van der Waals surface area (Å²) in [6.45, 7) is 6.26. The van der Waals surface area contributed by atoms with Gasteiger partial charge in [0.05, 0.1) is 0 Å². The summed E-state index contributed by atoms with van der Waals surface area (Å²) in [5, 5.41) is 0. The third kappa shape index (κ3) is 2.48. The van der Waals surface area contributed by atoms with Crippen molar-refractivity contribution in [2.75, 3.05) is 24.5 Å². The SMILES string of the molecule is CC1CN2CCCCC2CN1c1cccc2c1CCCC2. The van der Waals surface area contributed by atoms with E-state index in [4.69, 9.17) is 0 Å². The van der Waals surface area contributed by atoms with Gasteiger partial charge in [-0.15, -0.1) is 0 Å². The number of rotatable bonds is 1. The maximum Gasteiger partial charge on any atom is 0.0404 e. The van der Waals surface area contributed by atoms with E-state index in [0.29, 0.717) is 6.04 Å². The Morgan fingerprint density at radius 2 is 1.90 bits per heavy atom. The highest BCUT2D eigenvalue weighted by atomic mass is 15.3. The molecule has 1 aromatic rings. The molecule has 2 heteroatoms. The molecule has 0 N–H and O–H groups in total. The second-order valence-corrected chi connectivity index (χ2v) is 7.27. The number of fused-ring (bicyclic) bond motifs is 2. The Morgan fingerprint density at radius 3 is 2.86 bits per heavy atom. The maximum atomic E-state index is 2.75. The predicted molar refractivity (Wildman–Crippen MR) is 89.1 cm³/mol. The molecule has 0 aromatic heterocycles. The molecule has 2 nitrogen and oxygen atoms in total. The van der Waals surface area contributed by atoms with Crippen LogP contribution in [0.25, 0.3) is 0 Å². The highest BCUT2D eigenvalue weighted by Gasteiger charge is 2.34. The van der Waals surface area contributed by atoms with E-state index in [1.54, 1.807) is 16.8 Å². The smallest absolute Gasteiger partial charge is 0.0404 e. The van der Waals surface area contributed by atoms with Gasteiger partial charge in [0.25, 0.3) is 0 Å². The summed E-state index contributed by atoms with van der Waals surface area (Å²) in [5.74, 6) is 0. The summed E-state index contributed by atoms with van der Waals surface area (Å²) in [6, 6.07) is 8.50. The molecule has 2 heterocycles. The molecule has 0 radical (unpaired) electrons. The largest absolute Gasteiger partial charge is 0.366 e. The van der Waals surface area contributed by atoms with E-state index in [1.807, 2.05) is 0 Å². The Hall–Kier alpha value is -1.02. The van der Waals surface area contributed by atoms with Crippen LogP contribution in [0.5, 0.6) is 0 Å². The molecule has 4 rings (SSSR count). The van der Waals surface area contributed by atoms with Crippen LogP contribution in [0.3, 0.4) is 0 Å². The van der Waals surface area contributed by atoms with Crippen molar-refractivity contribution >= 4 is 5.69 Å². The number of anilines is 1. The molecule has 0 bridgehead atoms. The molecule has 2 saturated heterocycles. The van der Waals surface area contributed by atoms with Gasteiger partial charge in [0.15, 0.2) is 0 Å². The molecular formula is C19H28N2. The number of benzene rings is 1. The quantitative estimate of drug-likeness (QED) is 0.777.